The van der Waals surface area contributed by atoms with Crippen LogP contribution in [0.1, 0.15) is 19.4 Å². The van der Waals surface area contributed by atoms with Gasteiger partial charge in [-0.3, -0.25) is 0 Å². The lowest BCUT2D eigenvalue weighted by Gasteiger charge is -2.13. The normalized spacial score (nSPS) is 17.6. The van der Waals surface area contributed by atoms with Crippen molar-refractivity contribution in [1.82, 2.24) is 19.8 Å². The van der Waals surface area contributed by atoms with Crippen LogP contribution in [0.5, 0.6) is 0 Å². The summed E-state index contributed by atoms with van der Waals surface area (Å²) in [7, 11) is 0. The van der Waals surface area contributed by atoms with E-state index in [1.807, 2.05) is 13.8 Å². The fraction of sp³-hybridized carbons (Fsp3) is 0.375. The van der Waals surface area contributed by atoms with Crippen LogP contribution in [0.2, 0.25) is 0 Å². The minimum absolute atomic E-state index is 0.327. The topological polar surface area (TPSA) is 67.8 Å². The maximum atomic E-state index is 4.17. The molecule has 6 nitrogen and oxygen atoms in total. The highest BCUT2D eigenvalue weighted by Crippen LogP contribution is 2.40. The Kier molecular flexibility index (Phi) is 1.16. The minimum atomic E-state index is -0.327. The molecular formula is C8H8N6. The Hall–Kier alpha value is -1.85. The van der Waals surface area contributed by atoms with Crippen LogP contribution in [0.4, 0.5) is 5.69 Å². The molecule has 0 amide bonds. The second-order valence-electron chi connectivity index (χ2n) is 3.76. The maximum Gasteiger partial charge on any atom is 0.185 e. The zero-order valence-electron chi connectivity index (χ0n) is 7.84. The zero-order valence-corrected chi connectivity index (χ0v) is 7.84. The fourth-order valence-electron chi connectivity index (χ4n) is 1.67. The molecule has 0 unspecified atom stereocenters. The smallest absolute Gasteiger partial charge is 0.185 e. The Morgan fingerprint density at radius 3 is 3.07 bits per heavy atom. The predicted molar refractivity (Wildman–Crippen MR) is 48.3 cm³/mol. The van der Waals surface area contributed by atoms with Crippen LogP contribution in [0.15, 0.2) is 22.8 Å². The third kappa shape index (κ3) is 0.773. The van der Waals surface area contributed by atoms with Gasteiger partial charge in [-0.15, -0.1) is 10.2 Å². The summed E-state index contributed by atoms with van der Waals surface area (Å²) in [4.78, 5) is 0. The summed E-state index contributed by atoms with van der Waals surface area (Å²) in [5.41, 5.74) is 2.19. The molecule has 14 heavy (non-hydrogen) atoms. The first kappa shape index (κ1) is 7.54. The van der Waals surface area contributed by atoms with Gasteiger partial charge >= 0.3 is 0 Å². The number of hydrogen-bond donors (Lipinski definition) is 0. The van der Waals surface area contributed by atoms with Gasteiger partial charge in [-0.2, -0.15) is 15.3 Å². The number of hydrogen-bond acceptors (Lipinski definition) is 5. The molecule has 2 aromatic heterocycles. The van der Waals surface area contributed by atoms with E-state index >= 15 is 0 Å². The summed E-state index contributed by atoms with van der Waals surface area (Å²) in [5, 5.41) is 20.2. The highest BCUT2D eigenvalue weighted by atomic mass is 15.4. The van der Waals surface area contributed by atoms with Crippen molar-refractivity contribution >= 4 is 11.3 Å². The molecule has 6 heteroatoms. The molecule has 0 aromatic carbocycles. The van der Waals surface area contributed by atoms with Gasteiger partial charge in [-0.05, 0) is 13.8 Å². The Bertz CT molecular complexity index is 538. The van der Waals surface area contributed by atoms with Gasteiger partial charge in [0, 0.05) is 0 Å². The van der Waals surface area contributed by atoms with Gasteiger partial charge in [-0.25, -0.2) is 4.52 Å². The first-order valence-corrected chi connectivity index (χ1v) is 4.31. The van der Waals surface area contributed by atoms with E-state index in [-0.39, 0.29) is 5.54 Å². The summed E-state index contributed by atoms with van der Waals surface area (Å²) >= 11 is 0. The highest BCUT2D eigenvalue weighted by Gasteiger charge is 2.32. The summed E-state index contributed by atoms with van der Waals surface area (Å²) in [6.07, 6.45) is 3.26. The molecule has 0 atom stereocenters. The van der Waals surface area contributed by atoms with Crippen molar-refractivity contribution in [1.29, 1.82) is 0 Å². The standard InChI is InChI=1S/C8H8N6/c1-8(2)6-5(11-13-8)3-10-14-4-9-12-7(6)14/h3-4H,1-2H3. The van der Waals surface area contributed by atoms with Crippen LogP contribution < -0.4 is 0 Å². The molecule has 0 bridgehead atoms. The lowest BCUT2D eigenvalue weighted by molar-refractivity contribution is 0.556. The molecular weight excluding hydrogens is 180 g/mol. The van der Waals surface area contributed by atoms with Crippen molar-refractivity contribution in [3.63, 3.8) is 0 Å². The van der Waals surface area contributed by atoms with Gasteiger partial charge in [-0.1, -0.05) is 0 Å². The van der Waals surface area contributed by atoms with Crippen LogP contribution in [0.3, 0.4) is 0 Å². The lowest BCUT2D eigenvalue weighted by Crippen LogP contribution is -2.12. The van der Waals surface area contributed by atoms with Gasteiger partial charge in [0.25, 0.3) is 0 Å². The van der Waals surface area contributed by atoms with E-state index in [0.29, 0.717) is 0 Å². The van der Waals surface area contributed by atoms with Crippen molar-refractivity contribution in [3.8, 4) is 0 Å². The number of aromatic nitrogens is 4. The summed E-state index contributed by atoms with van der Waals surface area (Å²) in [6, 6.07) is 0. The van der Waals surface area contributed by atoms with E-state index in [1.165, 1.54) is 0 Å². The second-order valence-corrected chi connectivity index (χ2v) is 3.76. The molecule has 0 fully saturated rings. The molecule has 70 valence electrons. The molecule has 1 aliphatic heterocycles. The van der Waals surface area contributed by atoms with E-state index in [9.17, 15) is 0 Å². The monoisotopic (exact) mass is 188 g/mol. The Labute approximate surface area is 79.7 Å². The van der Waals surface area contributed by atoms with Crippen LogP contribution in [0.25, 0.3) is 5.65 Å². The zero-order chi connectivity index (χ0) is 9.76. The summed E-state index contributed by atoms with van der Waals surface area (Å²) < 4.78 is 1.64. The molecule has 0 aliphatic carbocycles. The van der Waals surface area contributed by atoms with Gasteiger partial charge < -0.3 is 0 Å². The van der Waals surface area contributed by atoms with Gasteiger partial charge in [0.15, 0.2) is 5.65 Å². The fourth-order valence-corrected chi connectivity index (χ4v) is 1.67. The van der Waals surface area contributed by atoms with Crippen LogP contribution in [-0.2, 0) is 5.54 Å². The number of azo groups is 1. The van der Waals surface area contributed by atoms with E-state index in [2.05, 4.69) is 25.5 Å². The van der Waals surface area contributed by atoms with Gasteiger partial charge in [0.2, 0.25) is 0 Å². The lowest BCUT2D eigenvalue weighted by atomic mass is 9.97. The van der Waals surface area contributed by atoms with Crippen LogP contribution >= 0.6 is 0 Å². The van der Waals surface area contributed by atoms with E-state index < -0.39 is 0 Å². The average molecular weight is 188 g/mol. The Balaban J connectivity index is 2.47. The number of nitrogens with zero attached hydrogens (tertiary/aromatic N) is 6. The Morgan fingerprint density at radius 2 is 2.21 bits per heavy atom. The average Bonchev–Trinajstić information content (AvgIpc) is 2.69. The van der Waals surface area contributed by atoms with Gasteiger partial charge in [0.05, 0.1) is 11.8 Å². The van der Waals surface area contributed by atoms with Crippen molar-refractivity contribution in [3.05, 3.63) is 18.1 Å². The molecule has 3 heterocycles. The third-order valence-electron chi connectivity index (χ3n) is 2.33. The first-order chi connectivity index (χ1) is 6.68. The SMILES string of the molecule is CC1(C)N=Nc2cnn3cnnc3c21. The van der Waals surface area contributed by atoms with Crippen molar-refractivity contribution < 1.29 is 0 Å². The molecule has 0 radical (unpaired) electrons. The Morgan fingerprint density at radius 1 is 1.36 bits per heavy atom. The third-order valence-corrected chi connectivity index (χ3v) is 2.33. The highest BCUT2D eigenvalue weighted by molar-refractivity contribution is 5.63. The summed E-state index contributed by atoms with van der Waals surface area (Å²) in [6.45, 7) is 3.99. The van der Waals surface area contributed by atoms with E-state index in [1.54, 1.807) is 17.0 Å². The quantitative estimate of drug-likeness (QED) is 0.628. The molecule has 2 aromatic rings. The summed E-state index contributed by atoms with van der Waals surface area (Å²) in [5.74, 6) is 0. The van der Waals surface area contributed by atoms with E-state index in [0.717, 1.165) is 16.9 Å². The molecule has 0 N–H and O–H groups in total. The largest absolute Gasteiger partial charge is 0.200 e. The minimum Gasteiger partial charge on any atom is -0.200 e. The number of rotatable bonds is 0. The number of fused-ring (bicyclic) bond motifs is 3. The van der Waals surface area contributed by atoms with Crippen LogP contribution in [0, 0.1) is 0 Å². The first-order valence-electron chi connectivity index (χ1n) is 4.31. The molecule has 3 rings (SSSR count). The van der Waals surface area contributed by atoms with Crippen molar-refractivity contribution in [2.45, 2.75) is 19.4 Å². The maximum absolute atomic E-state index is 4.17. The van der Waals surface area contributed by atoms with Crippen molar-refractivity contribution in [2.24, 2.45) is 10.2 Å². The molecule has 0 saturated heterocycles. The molecule has 0 saturated carbocycles. The van der Waals surface area contributed by atoms with Crippen molar-refractivity contribution in [2.75, 3.05) is 0 Å². The predicted octanol–water partition coefficient (Wildman–Crippen LogP) is 1.46. The van der Waals surface area contributed by atoms with E-state index in [4.69, 9.17) is 0 Å². The molecule has 0 spiro atoms. The molecule has 1 aliphatic rings. The van der Waals surface area contributed by atoms with Crippen LogP contribution in [-0.4, -0.2) is 19.8 Å². The van der Waals surface area contributed by atoms with Gasteiger partial charge in [0.1, 0.15) is 17.6 Å². The second kappa shape index (κ2) is 2.14.